The molecule has 6 heteroatoms. The van der Waals surface area contributed by atoms with Gasteiger partial charge in [-0.3, -0.25) is 0 Å². The monoisotopic (exact) mass is 425 g/mol. The van der Waals surface area contributed by atoms with Crippen molar-refractivity contribution in [3.63, 3.8) is 0 Å². The van der Waals surface area contributed by atoms with Crippen LogP contribution in [-0.2, 0) is 18.9 Å². The summed E-state index contributed by atoms with van der Waals surface area (Å²) in [5, 5.41) is 0. The Kier molecular flexibility index (Phi) is 14.8. The van der Waals surface area contributed by atoms with Gasteiger partial charge in [0.1, 0.15) is 6.54 Å². The van der Waals surface area contributed by atoms with Gasteiger partial charge in [-0.1, -0.05) is 19.1 Å². The normalized spacial score (nSPS) is 11.8. The molecule has 0 amide bonds. The van der Waals surface area contributed by atoms with Crippen LogP contribution in [-0.4, -0.2) is 97.6 Å². The van der Waals surface area contributed by atoms with Crippen LogP contribution >= 0.6 is 0 Å². The first-order valence-corrected chi connectivity index (χ1v) is 11.4. The third-order valence-electron chi connectivity index (χ3n) is 5.04. The Hall–Kier alpha value is -1.18. The number of anilines is 1. The lowest BCUT2D eigenvalue weighted by Gasteiger charge is -2.29. The minimum Gasteiger partial charge on any atom is -0.377 e. The molecule has 0 N–H and O–H groups in total. The summed E-state index contributed by atoms with van der Waals surface area (Å²) in [4.78, 5) is 2.33. The lowest BCUT2D eigenvalue weighted by atomic mass is 10.2. The second-order valence-electron chi connectivity index (χ2n) is 8.25. The van der Waals surface area contributed by atoms with Gasteiger partial charge < -0.3 is 28.3 Å². The molecule has 0 unspecified atom stereocenters. The molecule has 0 aromatic heterocycles. The predicted octanol–water partition coefficient (Wildman–Crippen LogP) is 3.37. The van der Waals surface area contributed by atoms with Crippen molar-refractivity contribution in [3.8, 4) is 0 Å². The summed E-state index contributed by atoms with van der Waals surface area (Å²) in [6.45, 7) is 15.7. The summed E-state index contributed by atoms with van der Waals surface area (Å²) in [5.74, 6) is 0. The molecule has 0 aliphatic carbocycles. The molecule has 0 radical (unpaired) electrons. The predicted molar refractivity (Wildman–Crippen MR) is 124 cm³/mol. The smallest absolute Gasteiger partial charge is 0.102 e. The van der Waals surface area contributed by atoms with E-state index >= 15 is 0 Å². The van der Waals surface area contributed by atoms with Crippen LogP contribution in [0.2, 0.25) is 0 Å². The van der Waals surface area contributed by atoms with Gasteiger partial charge >= 0.3 is 0 Å². The van der Waals surface area contributed by atoms with Crippen LogP contribution in [0.5, 0.6) is 0 Å². The number of nitrogens with zero attached hydrogens (tertiary/aromatic N) is 2. The third kappa shape index (κ3) is 13.2. The van der Waals surface area contributed by atoms with E-state index in [2.05, 4.69) is 64.0 Å². The average Bonchev–Trinajstić information content (AvgIpc) is 2.71. The fraction of sp³-hybridized carbons (Fsp3) is 0.750. The molecular weight excluding hydrogens is 380 g/mol. The molecule has 0 fully saturated rings. The summed E-state index contributed by atoms with van der Waals surface area (Å²) >= 11 is 0. The summed E-state index contributed by atoms with van der Waals surface area (Å²) in [6, 6.07) is 8.58. The molecule has 0 spiro atoms. The van der Waals surface area contributed by atoms with Crippen molar-refractivity contribution in [2.75, 3.05) is 98.0 Å². The molecule has 30 heavy (non-hydrogen) atoms. The largest absolute Gasteiger partial charge is 0.377 e. The van der Waals surface area contributed by atoms with Gasteiger partial charge in [0, 0.05) is 18.8 Å². The zero-order chi connectivity index (χ0) is 22.1. The van der Waals surface area contributed by atoms with Gasteiger partial charge in [0.25, 0.3) is 0 Å². The first-order chi connectivity index (χ1) is 14.5. The first-order valence-electron chi connectivity index (χ1n) is 11.4. The molecule has 0 heterocycles. The maximum atomic E-state index is 5.71. The second-order valence-corrected chi connectivity index (χ2v) is 8.25. The van der Waals surface area contributed by atoms with Crippen LogP contribution in [0.4, 0.5) is 5.69 Å². The molecule has 1 aromatic rings. The van der Waals surface area contributed by atoms with Crippen molar-refractivity contribution in [2.45, 2.75) is 27.2 Å². The first kappa shape index (κ1) is 26.9. The molecule has 1 rings (SSSR count). The van der Waals surface area contributed by atoms with Crippen molar-refractivity contribution in [2.24, 2.45) is 0 Å². The highest BCUT2D eigenvalue weighted by Gasteiger charge is 2.12. The van der Waals surface area contributed by atoms with Gasteiger partial charge in [0.15, 0.2) is 0 Å². The van der Waals surface area contributed by atoms with Crippen LogP contribution in [0.15, 0.2) is 24.3 Å². The number of rotatable bonds is 19. The lowest BCUT2D eigenvalue weighted by molar-refractivity contribution is -0.890. The Labute approximate surface area is 184 Å². The fourth-order valence-electron chi connectivity index (χ4n) is 3.26. The van der Waals surface area contributed by atoms with E-state index in [1.807, 2.05) is 0 Å². The second kappa shape index (κ2) is 16.5. The minimum absolute atomic E-state index is 0.591. The molecule has 1 aromatic carbocycles. The van der Waals surface area contributed by atoms with Gasteiger partial charge in [-0.25, -0.2) is 0 Å². The van der Waals surface area contributed by atoms with E-state index < -0.39 is 0 Å². The summed E-state index contributed by atoms with van der Waals surface area (Å²) in [5.41, 5.74) is 2.53. The van der Waals surface area contributed by atoms with E-state index in [1.165, 1.54) is 24.2 Å². The van der Waals surface area contributed by atoms with Crippen LogP contribution in [0, 0.1) is 6.92 Å². The lowest BCUT2D eigenvalue weighted by Crippen LogP contribution is -2.42. The summed E-state index contributed by atoms with van der Waals surface area (Å²) in [7, 11) is 4.49. The Bertz CT molecular complexity index is 540. The van der Waals surface area contributed by atoms with Crippen molar-refractivity contribution in [1.82, 2.24) is 0 Å². The van der Waals surface area contributed by atoms with Gasteiger partial charge in [0.2, 0.25) is 0 Å². The number of hydrogen-bond acceptors (Lipinski definition) is 5. The van der Waals surface area contributed by atoms with Gasteiger partial charge in [-0.15, -0.1) is 0 Å². The minimum atomic E-state index is 0.591. The summed E-state index contributed by atoms with van der Waals surface area (Å²) in [6.07, 6.45) is 1.20. The molecule has 0 bridgehead atoms. The molecule has 174 valence electrons. The Balaban J connectivity index is 1.89. The number of quaternary nitrogens is 1. The molecule has 0 aliphatic heterocycles. The summed E-state index contributed by atoms with van der Waals surface area (Å²) < 4.78 is 23.5. The topological polar surface area (TPSA) is 40.2 Å². The van der Waals surface area contributed by atoms with E-state index in [0.29, 0.717) is 46.2 Å². The van der Waals surface area contributed by atoms with Crippen molar-refractivity contribution < 1.29 is 23.4 Å². The van der Waals surface area contributed by atoms with E-state index in [1.54, 1.807) is 0 Å². The quantitative estimate of drug-likeness (QED) is 0.251. The number of ether oxygens (including phenoxy) is 4. The van der Waals surface area contributed by atoms with E-state index in [-0.39, 0.29) is 0 Å². The SMILES string of the molecule is CCC[N+](C)(C)CCOCCOCCOCCOCCN(CC)c1cccc(C)c1. The van der Waals surface area contributed by atoms with Crippen LogP contribution in [0.1, 0.15) is 25.8 Å². The maximum Gasteiger partial charge on any atom is 0.102 e. The molecule has 0 saturated carbocycles. The van der Waals surface area contributed by atoms with Crippen molar-refractivity contribution in [3.05, 3.63) is 29.8 Å². The molecule has 6 nitrogen and oxygen atoms in total. The maximum absolute atomic E-state index is 5.71. The zero-order valence-electron chi connectivity index (χ0n) is 20.0. The number of benzene rings is 1. The van der Waals surface area contributed by atoms with Gasteiger partial charge in [-0.2, -0.15) is 0 Å². The Morgan fingerprint density at radius 1 is 0.767 bits per heavy atom. The van der Waals surface area contributed by atoms with E-state index in [4.69, 9.17) is 18.9 Å². The van der Waals surface area contributed by atoms with E-state index in [0.717, 1.165) is 30.7 Å². The zero-order valence-corrected chi connectivity index (χ0v) is 20.0. The number of hydrogen-bond donors (Lipinski definition) is 0. The highest BCUT2D eigenvalue weighted by Crippen LogP contribution is 2.15. The highest BCUT2D eigenvalue weighted by atomic mass is 16.6. The van der Waals surface area contributed by atoms with Gasteiger partial charge in [-0.05, 0) is 38.0 Å². The Morgan fingerprint density at radius 2 is 1.33 bits per heavy atom. The number of aryl methyl sites for hydroxylation is 1. The molecule has 0 aliphatic rings. The van der Waals surface area contributed by atoms with Crippen LogP contribution in [0.3, 0.4) is 0 Å². The van der Waals surface area contributed by atoms with Crippen molar-refractivity contribution in [1.29, 1.82) is 0 Å². The van der Waals surface area contributed by atoms with Gasteiger partial charge in [0.05, 0.1) is 73.5 Å². The Morgan fingerprint density at radius 3 is 1.87 bits per heavy atom. The van der Waals surface area contributed by atoms with Crippen LogP contribution in [0.25, 0.3) is 0 Å². The van der Waals surface area contributed by atoms with E-state index in [9.17, 15) is 0 Å². The van der Waals surface area contributed by atoms with Crippen LogP contribution < -0.4 is 4.90 Å². The highest BCUT2D eigenvalue weighted by molar-refractivity contribution is 5.48. The number of likely N-dealkylation sites (N-methyl/N-ethyl adjacent to an activating group) is 2. The molecule has 0 saturated heterocycles. The molecule has 0 atom stereocenters. The van der Waals surface area contributed by atoms with Crippen molar-refractivity contribution >= 4 is 5.69 Å². The standard InChI is InChI=1S/C24H45N2O4/c1-6-12-26(4,5)13-15-28-17-19-30-21-20-29-18-16-27-14-11-25(7-2)24-10-8-9-23(3)22-24/h8-10,22H,6-7,11-21H2,1-5H3/q+1. The fourth-order valence-corrected chi connectivity index (χ4v) is 3.26. The molecular formula is C24H45N2O4+. The average molecular weight is 426 g/mol. The third-order valence-corrected chi connectivity index (χ3v) is 5.04.